The van der Waals surface area contributed by atoms with Crippen LogP contribution in [0.3, 0.4) is 0 Å². The van der Waals surface area contributed by atoms with E-state index in [1.54, 1.807) is 0 Å². The number of rotatable bonds is 5. The third-order valence-electron chi connectivity index (χ3n) is 6.80. The van der Waals surface area contributed by atoms with Gasteiger partial charge in [-0.2, -0.15) is 9.97 Å². The molecule has 3 fully saturated rings. The Hall–Kier alpha value is -2.20. The molecule has 8 nitrogen and oxygen atoms in total. The summed E-state index contributed by atoms with van der Waals surface area (Å²) < 4.78 is 21.9. The van der Waals surface area contributed by atoms with Crippen molar-refractivity contribution >= 4 is 38.7 Å². The number of amides is 1. The first-order chi connectivity index (χ1) is 15.4. The van der Waals surface area contributed by atoms with Crippen molar-refractivity contribution in [3.05, 3.63) is 21.9 Å². The molecule has 3 heterocycles. The number of piperazine rings is 1. The van der Waals surface area contributed by atoms with Gasteiger partial charge in [0.2, 0.25) is 0 Å². The fourth-order valence-corrected chi connectivity index (χ4v) is 5.28. The van der Waals surface area contributed by atoms with Gasteiger partial charge >= 0.3 is 12.1 Å². The molecule has 0 radical (unpaired) electrons. The standard InChI is InChI=1S/C22H27BrFN5O3/c1-27-6-2-3-14(27)12-32-21-25-19-16(11-15(13-4-5-13)17(23)18(19)24)20(26-21)28-7-9-29(10-8-28)22(30)31/h11,13-14H,2-10,12H2,1H3,(H,30,31)/t14-/m0/s1. The number of ether oxygens (including phenoxy) is 1. The molecule has 32 heavy (non-hydrogen) atoms. The lowest BCUT2D eigenvalue weighted by atomic mass is 10.1. The molecule has 1 aromatic carbocycles. The lowest BCUT2D eigenvalue weighted by Gasteiger charge is -2.34. The first kappa shape index (κ1) is 21.6. The Bertz CT molecular complexity index is 1040. The van der Waals surface area contributed by atoms with Crippen LogP contribution in [0.2, 0.25) is 0 Å². The van der Waals surface area contributed by atoms with E-state index >= 15 is 4.39 Å². The van der Waals surface area contributed by atoms with Crippen molar-refractivity contribution in [1.82, 2.24) is 19.8 Å². The molecule has 5 rings (SSSR count). The summed E-state index contributed by atoms with van der Waals surface area (Å²) in [4.78, 5) is 26.1. The van der Waals surface area contributed by atoms with Crippen LogP contribution >= 0.6 is 15.9 Å². The lowest BCUT2D eigenvalue weighted by molar-refractivity contribution is 0.142. The number of benzene rings is 1. The van der Waals surface area contributed by atoms with E-state index in [-0.39, 0.29) is 17.3 Å². The van der Waals surface area contributed by atoms with Crippen LogP contribution in [0.25, 0.3) is 10.9 Å². The molecule has 0 spiro atoms. The second-order valence-electron chi connectivity index (χ2n) is 8.94. The maximum atomic E-state index is 15.4. The molecule has 0 bridgehead atoms. The van der Waals surface area contributed by atoms with E-state index < -0.39 is 6.09 Å². The Morgan fingerprint density at radius 1 is 1.22 bits per heavy atom. The number of carbonyl (C=O) groups is 1. The fraction of sp³-hybridized carbons (Fsp3) is 0.591. The number of anilines is 1. The van der Waals surface area contributed by atoms with Crippen LogP contribution in [0.15, 0.2) is 10.5 Å². The maximum absolute atomic E-state index is 15.4. The van der Waals surface area contributed by atoms with Gasteiger partial charge in [0.05, 0.1) is 4.47 Å². The number of carboxylic acid groups (broad SMARTS) is 1. The molecule has 3 aliphatic rings. The second-order valence-corrected chi connectivity index (χ2v) is 9.73. The molecule has 2 saturated heterocycles. The summed E-state index contributed by atoms with van der Waals surface area (Å²) in [7, 11) is 2.08. The number of hydrogen-bond donors (Lipinski definition) is 1. The molecule has 1 aromatic heterocycles. The van der Waals surface area contributed by atoms with Crippen LogP contribution in [0.4, 0.5) is 15.0 Å². The van der Waals surface area contributed by atoms with Gasteiger partial charge in [-0.05, 0) is 72.8 Å². The Labute approximate surface area is 194 Å². The average Bonchev–Trinajstić information content (AvgIpc) is 3.55. The first-order valence-electron chi connectivity index (χ1n) is 11.2. The van der Waals surface area contributed by atoms with Crippen molar-refractivity contribution in [2.24, 2.45) is 0 Å². The minimum Gasteiger partial charge on any atom is -0.465 e. The average molecular weight is 508 g/mol. The smallest absolute Gasteiger partial charge is 0.407 e. The zero-order valence-electron chi connectivity index (χ0n) is 18.1. The van der Waals surface area contributed by atoms with Crippen molar-refractivity contribution in [3.63, 3.8) is 0 Å². The number of halogens is 2. The lowest BCUT2D eigenvalue weighted by Crippen LogP contribution is -2.48. The SMILES string of the molecule is CN1CCC[C@H]1COc1nc(N2CCN(C(=O)O)CC2)c2cc(C3CC3)c(Br)c(F)c2n1. The van der Waals surface area contributed by atoms with Crippen LogP contribution < -0.4 is 9.64 Å². The highest BCUT2D eigenvalue weighted by atomic mass is 79.9. The van der Waals surface area contributed by atoms with E-state index in [1.807, 2.05) is 11.0 Å². The van der Waals surface area contributed by atoms with Gasteiger partial charge in [-0.1, -0.05) is 0 Å². The highest BCUT2D eigenvalue weighted by molar-refractivity contribution is 9.10. The van der Waals surface area contributed by atoms with Crippen LogP contribution in [0, 0.1) is 5.82 Å². The van der Waals surface area contributed by atoms with Crippen LogP contribution in [0.5, 0.6) is 6.01 Å². The minimum atomic E-state index is -0.923. The van der Waals surface area contributed by atoms with E-state index in [1.165, 1.54) is 4.90 Å². The van der Waals surface area contributed by atoms with E-state index in [4.69, 9.17) is 9.72 Å². The summed E-state index contributed by atoms with van der Waals surface area (Å²) in [5, 5.41) is 9.93. The molecule has 10 heteroatoms. The fourth-order valence-electron chi connectivity index (χ4n) is 4.65. The first-order valence-corrected chi connectivity index (χ1v) is 12.0. The monoisotopic (exact) mass is 507 g/mol. The zero-order chi connectivity index (χ0) is 22.4. The number of hydrogen-bond acceptors (Lipinski definition) is 6. The Kier molecular flexibility index (Phi) is 5.83. The van der Waals surface area contributed by atoms with Crippen molar-refractivity contribution in [2.75, 3.05) is 51.3 Å². The molecule has 1 aliphatic carbocycles. The van der Waals surface area contributed by atoms with E-state index in [0.717, 1.165) is 37.8 Å². The third-order valence-corrected chi connectivity index (χ3v) is 7.61. The topological polar surface area (TPSA) is 82.0 Å². The summed E-state index contributed by atoms with van der Waals surface area (Å²) in [5.41, 5.74) is 1.19. The van der Waals surface area contributed by atoms with Gasteiger partial charge in [-0.25, -0.2) is 9.18 Å². The van der Waals surface area contributed by atoms with Crippen molar-refractivity contribution in [1.29, 1.82) is 0 Å². The highest BCUT2D eigenvalue weighted by Crippen LogP contribution is 2.46. The Balaban J connectivity index is 1.51. The summed E-state index contributed by atoms with van der Waals surface area (Å²) in [6.45, 7) is 3.21. The quantitative estimate of drug-likeness (QED) is 0.660. The maximum Gasteiger partial charge on any atom is 0.407 e. The number of fused-ring (bicyclic) bond motifs is 1. The molecule has 1 amide bonds. The molecule has 2 aromatic rings. The van der Waals surface area contributed by atoms with Crippen LogP contribution in [0.1, 0.15) is 37.2 Å². The minimum absolute atomic E-state index is 0.165. The molecule has 0 unspecified atom stereocenters. The van der Waals surface area contributed by atoms with Crippen LogP contribution in [-0.4, -0.2) is 83.4 Å². The molecule has 2 aliphatic heterocycles. The van der Waals surface area contributed by atoms with E-state index in [2.05, 4.69) is 32.9 Å². The van der Waals surface area contributed by atoms with E-state index in [9.17, 15) is 9.90 Å². The molecule has 1 N–H and O–H groups in total. The summed E-state index contributed by atoms with van der Waals surface area (Å²) in [5.74, 6) is 0.581. The molecular weight excluding hydrogens is 481 g/mol. The molecule has 1 saturated carbocycles. The van der Waals surface area contributed by atoms with Crippen LogP contribution in [-0.2, 0) is 0 Å². The van der Waals surface area contributed by atoms with Crippen molar-refractivity contribution < 1.29 is 19.0 Å². The predicted molar refractivity (Wildman–Crippen MR) is 122 cm³/mol. The van der Waals surface area contributed by atoms with Gasteiger partial charge in [0.25, 0.3) is 0 Å². The summed E-state index contributed by atoms with van der Waals surface area (Å²) >= 11 is 3.44. The highest BCUT2D eigenvalue weighted by Gasteiger charge is 2.31. The Morgan fingerprint density at radius 2 is 1.97 bits per heavy atom. The van der Waals surface area contributed by atoms with Gasteiger partial charge < -0.3 is 24.5 Å². The number of likely N-dealkylation sites (N-methyl/N-ethyl adjacent to an activating group) is 1. The second kappa shape index (κ2) is 8.62. The van der Waals surface area contributed by atoms with Crippen molar-refractivity contribution in [3.8, 4) is 6.01 Å². The number of aromatic nitrogens is 2. The predicted octanol–water partition coefficient (Wildman–Crippen LogP) is 3.68. The number of nitrogens with zero attached hydrogens (tertiary/aromatic N) is 5. The molecule has 1 atom stereocenters. The van der Waals surface area contributed by atoms with Gasteiger partial charge in [0.1, 0.15) is 17.9 Å². The molecule has 172 valence electrons. The van der Waals surface area contributed by atoms with Gasteiger partial charge in [0, 0.05) is 37.6 Å². The zero-order valence-corrected chi connectivity index (χ0v) is 19.6. The van der Waals surface area contributed by atoms with Crippen molar-refractivity contribution in [2.45, 2.75) is 37.6 Å². The van der Waals surface area contributed by atoms with Gasteiger partial charge in [0.15, 0.2) is 5.82 Å². The van der Waals surface area contributed by atoms with E-state index in [0.29, 0.717) is 60.4 Å². The Morgan fingerprint density at radius 3 is 2.59 bits per heavy atom. The normalized spacial score (nSPS) is 22.0. The third kappa shape index (κ3) is 4.10. The van der Waals surface area contributed by atoms with Gasteiger partial charge in [-0.15, -0.1) is 0 Å². The number of likely N-dealkylation sites (tertiary alicyclic amines) is 1. The van der Waals surface area contributed by atoms with Gasteiger partial charge in [-0.3, -0.25) is 0 Å². The molecular formula is C22H27BrFN5O3. The summed E-state index contributed by atoms with van der Waals surface area (Å²) in [6, 6.07) is 2.46. The summed E-state index contributed by atoms with van der Waals surface area (Å²) in [6.07, 6.45) is 3.36. The largest absolute Gasteiger partial charge is 0.465 e.